The molecular formula is C18H18N2O4. The lowest BCUT2D eigenvalue weighted by molar-refractivity contribution is -0.131. The third-order valence-electron chi connectivity index (χ3n) is 4.26. The predicted octanol–water partition coefficient (Wildman–Crippen LogP) is 2.55. The van der Waals surface area contributed by atoms with Crippen molar-refractivity contribution in [2.45, 2.75) is 26.3 Å². The summed E-state index contributed by atoms with van der Waals surface area (Å²) in [4.78, 5) is 38.4. The lowest BCUT2D eigenvalue weighted by atomic mass is 9.99. The fourth-order valence-corrected chi connectivity index (χ4v) is 2.83. The molecule has 1 aromatic carbocycles. The van der Waals surface area contributed by atoms with Gasteiger partial charge in [-0.25, -0.2) is 4.79 Å². The molecule has 0 bridgehead atoms. The Morgan fingerprint density at radius 2 is 1.88 bits per heavy atom. The molecule has 1 aromatic heterocycles. The Labute approximate surface area is 139 Å². The zero-order chi connectivity index (χ0) is 17.5. The first kappa shape index (κ1) is 16.0. The van der Waals surface area contributed by atoms with Crippen LogP contribution in [0.3, 0.4) is 0 Å². The summed E-state index contributed by atoms with van der Waals surface area (Å²) in [6, 6.07) is 9.86. The zero-order valence-corrected chi connectivity index (χ0v) is 13.8. The minimum absolute atomic E-state index is 0.281. The van der Waals surface area contributed by atoms with Gasteiger partial charge in [0, 0.05) is 5.56 Å². The van der Waals surface area contributed by atoms with Crippen molar-refractivity contribution >= 4 is 17.7 Å². The highest BCUT2D eigenvalue weighted by Gasteiger charge is 2.51. The number of furan rings is 1. The summed E-state index contributed by atoms with van der Waals surface area (Å²) >= 11 is 0. The van der Waals surface area contributed by atoms with E-state index in [1.54, 1.807) is 38.1 Å². The lowest BCUT2D eigenvalue weighted by Crippen LogP contribution is -2.41. The van der Waals surface area contributed by atoms with Gasteiger partial charge in [-0.15, -0.1) is 0 Å². The standard InChI is InChI=1S/C18H18N2O4/c1-11-6-4-5-7-13(11)14(21)10-20-16(22)18(3,19-17(20)23)15-9-8-12(2)24-15/h4-9H,10H2,1-3H3,(H,19,23). The Morgan fingerprint density at radius 1 is 1.17 bits per heavy atom. The molecule has 0 aliphatic carbocycles. The van der Waals surface area contributed by atoms with E-state index in [1.807, 2.05) is 19.1 Å². The second-order valence-electron chi connectivity index (χ2n) is 6.09. The number of hydrogen-bond acceptors (Lipinski definition) is 4. The van der Waals surface area contributed by atoms with Crippen molar-refractivity contribution in [2.75, 3.05) is 6.54 Å². The molecule has 124 valence electrons. The number of aryl methyl sites for hydroxylation is 2. The number of ketones is 1. The van der Waals surface area contributed by atoms with Crippen molar-refractivity contribution in [3.63, 3.8) is 0 Å². The monoisotopic (exact) mass is 326 g/mol. The van der Waals surface area contributed by atoms with Crippen LogP contribution in [0.15, 0.2) is 40.8 Å². The van der Waals surface area contributed by atoms with Crippen LogP contribution in [0, 0.1) is 13.8 Å². The Bertz CT molecular complexity index is 839. The van der Waals surface area contributed by atoms with E-state index in [9.17, 15) is 14.4 Å². The van der Waals surface area contributed by atoms with Gasteiger partial charge in [-0.05, 0) is 38.5 Å². The molecule has 2 heterocycles. The van der Waals surface area contributed by atoms with Gasteiger partial charge in [0.05, 0.1) is 6.54 Å². The van der Waals surface area contributed by atoms with E-state index in [0.29, 0.717) is 17.1 Å². The summed E-state index contributed by atoms with van der Waals surface area (Å²) < 4.78 is 5.50. The fraction of sp³-hybridized carbons (Fsp3) is 0.278. The molecule has 0 radical (unpaired) electrons. The third kappa shape index (κ3) is 2.50. The van der Waals surface area contributed by atoms with E-state index >= 15 is 0 Å². The number of hydrogen-bond donors (Lipinski definition) is 1. The topological polar surface area (TPSA) is 79.6 Å². The maximum absolute atomic E-state index is 12.7. The normalized spacial score (nSPS) is 20.4. The molecule has 6 heteroatoms. The van der Waals surface area contributed by atoms with Crippen LogP contribution < -0.4 is 5.32 Å². The minimum Gasteiger partial charge on any atom is -0.463 e. The Balaban J connectivity index is 1.85. The van der Waals surface area contributed by atoms with E-state index in [2.05, 4.69) is 5.32 Å². The number of benzene rings is 1. The molecule has 6 nitrogen and oxygen atoms in total. The Kier molecular flexibility index (Phi) is 3.75. The number of nitrogens with zero attached hydrogens (tertiary/aromatic N) is 1. The van der Waals surface area contributed by atoms with Crippen LogP contribution in [0.25, 0.3) is 0 Å². The van der Waals surface area contributed by atoms with Crippen molar-refractivity contribution in [1.29, 1.82) is 0 Å². The van der Waals surface area contributed by atoms with Crippen LogP contribution in [0.5, 0.6) is 0 Å². The molecule has 0 spiro atoms. The second-order valence-corrected chi connectivity index (χ2v) is 6.09. The number of nitrogens with one attached hydrogen (secondary N) is 1. The largest absolute Gasteiger partial charge is 0.463 e. The van der Waals surface area contributed by atoms with Crippen molar-refractivity contribution in [2.24, 2.45) is 0 Å². The Hall–Kier alpha value is -2.89. The van der Waals surface area contributed by atoms with E-state index < -0.39 is 17.5 Å². The zero-order valence-electron chi connectivity index (χ0n) is 13.8. The van der Waals surface area contributed by atoms with E-state index in [0.717, 1.165) is 10.5 Å². The van der Waals surface area contributed by atoms with Crippen LogP contribution >= 0.6 is 0 Å². The molecule has 1 aliphatic rings. The van der Waals surface area contributed by atoms with Crippen molar-refractivity contribution in [1.82, 2.24) is 10.2 Å². The number of carbonyl (C=O) groups is 3. The molecule has 24 heavy (non-hydrogen) atoms. The molecule has 1 saturated heterocycles. The highest BCUT2D eigenvalue weighted by atomic mass is 16.3. The van der Waals surface area contributed by atoms with Gasteiger partial charge in [0.25, 0.3) is 5.91 Å². The summed E-state index contributed by atoms with van der Waals surface area (Å²) in [5, 5.41) is 2.62. The predicted molar refractivity (Wildman–Crippen MR) is 86.6 cm³/mol. The van der Waals surface area contributed by atoms with Gasteiger partial charge in [-0.3, -0.25) is 14.5 Å². The highest BCUT2D eigenvalue weighted by molar-refractivity contribution is 6.11. The van der Waals surface area contributed by atoms with Crippen LogP contribution in [0.2, 0.25) is 0 Å². The van der Waals surface area contributed by atoms with E-state index in [1.165, 1.54) is 0 Å². The lowest BCUT2D eigenvalue weighted by Gasteiger charge is -2.19. The first-order valence-electron chi connectivity index (χ1n) is 7.63. The number of urea groups is 1. The van der Waals surface area contributed by atoms with Crippen molar-refractivity contribution < 1.29 is 18.8 Å². The molecule has 3 rings (SSSR count). The molecular weight excluding hydrogens is 308 g/mol. The number of rotatable bonds is 4. The van der Waals surface area contributed by atoms with E-state index in [-0.39, 0.29) is 12.3 Å². The number of imide groups is 1. The van der Waals surface area contributed by atoms with Gasteiger partial charge < -0.3 is 9.73 Å². The summed E-state index contributed by atoms with van der Waals surface area (Å²) in [7, 11) is 0. The Morgan fingerprint density at radius 3 is 2.50 bits per heavy atom. The van der Waals surface area contributed by atoms with Crippen molar-refractivity contribution in [3.8, 4) is 0 Å². The van der Waals surface area contributed by atoms with Crippen LogP contribution in [0.4, 0.5) is 4.79 Å². The van der Waals surface area contributed by atoms with Gasteiger partial charge in [-0.1, -0.05) is 24.3 Å². The molecule has 2 aromatic rings. The van der Waals surface area contributed by atoms with E-state index in [4.69, 9.17) is 4.42 Å². The smallest absolute Gasteiger partial charge is 0.325 e. The molecule has 0 saturated carbocycles. The van der Waals surface area contributed by atoms with Crippen molar-refractivity contribution in [3.05, 3.63) is 59.0 Å². The SMILES string of the molecule is Cc1ccc(C2(C)NC(=O)N(CC(=O)c3ccccc3C)C2=O)o1. The average molecular weight is 326 g/mol. The van der Waals surface area contributed by atoms with Gasteiger partial charge in [-0.2, -0.15) is 0 Å². The third-order valence-corrected chi connectivity index (χ3v) is 4.26. The van der Waals surface area contributed by atoms with Crippen LogP contribution in [0.1, 0.15) is 34.4 Å². The quantitative estimate of drug-likeness (QED) is 0.692. The number of amides is 3. The first-order chi connectivity index (χ1) is 11.3. The van der Waals surface area contributed by atoms with Crippen LogP contribution in [-0.4, -0.2) is 29.2 Å². The average Bonchev–Trinajstić information content (AvgIpc) is 3.06. The minimum atomic E-state index is -1.29. The number of carbonyl (C=O) groups excluding carboxylic acids is 3. The molecule has 3 amide bonds. The maximum atomic E-state index is 12.7. The molecule has 1 unspecified atom stereocenters. The first-order valence-corrected chi connectivity index (χ1v) is 7.63. The molecule has 1 aliphatic heterocycles. The fourth-order valence-electron chi connectivity index (χ4n) is 2.83. The molecule has 1 fully saturated rings. The summed E-state index contributed by atoms with van der Waals surface area (Å²) in [5.74, 6) is 0.215. The van der Waals surface area contributed by atoms with Crippen LogP contribution in [-0.2, 0) is 10.3 Å². The summed E-state index contributed by atoms with van der Waals surface area (Å²) in [6.45, 7) is 4.84. The van der Waals surface area contributed by atoms with Gasteiger partial charge in [0.15, 0.2) is 11.3 Å². The number of Topliss-reactive ketones (excluding diaryl/α,β-unsaturated/α-hetero) is 1. The second kappa shape index (κ2) is 5.63. The molecule has 1 N–H and O–H groups in total. The summed E-state index contributed by atoms with van der Waals surface area (Å²) in [5.41, 5.74) is 0.0108. The van der Waals surface area contributed by atoms with Gasteiger partial charge >= 0.3 is 6.03 Å². The highest BCUT2D eigenvalue weighted by Crippen LogP contribution is 2.30. The summed E-state index contributed by atoms with van der Waals surface area (Å²) in [6.07, 6.45) is 0. The van der Waals surface area contributed by atoms with Gasteiger partial charge in [0.1, 0.15) is 11.5 Å². The molecule has 1 atom stereocenters. The van der Waals surface area contributed by atoms with Gasteiger partial charge in [0.2, 0.25) is 0 Å². The maximum Gasteiger partial charge on any atom is 0.325 e.